The van der Waals surface area contributed by atoms with E-state index in [1.807, 2.05) is 24.3 Å². The van der Waals surface area contributed by atoms with Crippen LogP contribution in [-0.2, 0) is 9.47 Å². The van der Waals surface area contributed by atoms with Crippen molar-refractivity contribution < 1.29 is 14.3 Å². The second kappa shape index (κ2) is 6.47. The lowest BCUT2D eigenvalue weighted by atomic mass is 10.1. The molecule has 1 aromatic rings. The lowest BCUT2D eigenvalue weighted by Crippen LogP contribution is -2.25. The number of carbonyl (C=O) groups is 1. The van der Waals surface area contributed by atoms with Gasteiger partial charge in [-0.2, -0.15) is 0 Å². The minimum absolute atomic E-state index is 0.160. The van der Waals surface area contributed by atoms with Crippen molar-refractivity contribution in [2.45, 2.75) is 25.6 Å². The molecule has 3 nitrogen and oxygen atoms in total. The van der Waals surface area contributed by atoms with E-state index in [4.69, 9.17) is 9.47 Å². The molecule has 1 fully saturated rings. The molecule has 0 spiro atoms. The Hall–Kier alpha value is -0.460. The highest BCUT2D eigenvalue weighted by molar-refractivity contribution is 14.1. The number of ether oxygens (including phenoxy) is 2. The van der Waals surface area contributed by atoms with Crippen LogP contribution in [0.25, 0.3) is 0 Å². The Balaban J connectivity index is 1.87. The average molecular weight is 346 g/mol. The molecule has 1 saturated heterocycles. The van der Waals surface area contributed by atoms with Gasteiger partial charge in [-0.15, -0.1) is 0 Å². The van der Waals surface area contributed by atoms with E-state index in [0.717, 1.165) is 28.8 Å². The Morgan fingerprint density at radius 2 is 2.00 bits per heavy atom. The number of hydrogen-bond acceptors (Lipinski definition) is 3. The first-order valence-corrected chi connectivity index (χ1v) is 6.86. The minimum atomic E-state index is -0.200. The molecule has 0 aromatic heterocycles. The quantitative estimate of drug-likeness (QED) is 0.621. The number of ketones is 1. The molecule has 17 heavy (non-hydrogen) atoms. The smallest absolute Gasteiger partial charge is 0.164 e. The Kier molecular flexibility index (Phi) is 4.94. The Morgan fingerprint density at radius 3 is 2.71 bits per heavy atom. The zero-order chi connectivity index (χ0) is 12.1. The predicted octanol–water partition coefficient (Wildman–Crippen LogP) is 3.02. The highest BCUT2D eigenvalue weighted by atomic mass is 127. The van der Waals surface area contributed by atoms with Gasteiger partial charge in [0.2, 0.25) is 0 Å². The lowest BCUT2D eigenvalue weighted by Gasteiger charge is -2.22. The number of rotatable bonds is 4. The van der Waals surface area contributed by atoms with Gasteiger partial charge in [0, 0.05) is 22.0 Å². The molecule has 1 aromatic carbocycles. The van der Waals surface area contributed by atoms with Crippen molar-refractivity contribution in [3.63, 3.8) is 0 Å². The van der Waals surface area contributed by atoms with Crippen LogP contribution >= 0.6 is 22.6 Å². The van der Waals surface area contributed by atoms with Gasteiger partial charge in [0.05, 0.1) is 13.2 Å². The van der Waals surface area contributed by atoms with Crippen LogP contribution in [0.2, 0.25) is 0 Å². The van der Waals surface area contributed by atoms with Crippen molar-refractivity contribution in [1.29, 1.82) is 0 Å². The summed E-state index contributed by atoms with van der Waals surface area (Å²) in [5.41, 5.74) is 0.795. The highest BCUT2D eigenvalue weighted by Gasteiger charge is 2.17. The van der Waals surface area contributed by atoms with Crippen LogP contribution in [0.1, 0.15) is 29.6 Å². The molecule has 0 atom stereocenters. The van der Waals surface area contributed by atoms with E-state index in [9.17, 15) is 4.79 Å². The third-order valence-corrected chi connectivity index (χ3v) is 3.62. The summed E-state index contributed by atoms with van der Waals surface area (Å²) in [6.45, 7) is 1.48. The topological polar surface area (TPSA) is 35.5 Å². The summed E-state index contributed by atoms with van der Waals surface area (Å²) >= 11 is 2.19. The maximum Gasteiger partial charge on any atom is 0.164 e. The van der Waals surface area contributed by atoms with Gasteiger partial charge in [-0.05, 0) is 35.1 Å². The van der Waals surface area contributed by atoms with E-state index < -0.39 is 0 Å². The zero-order valence-electron chi connectivity index (χ0n) is 9.52. The van der Waals surface area contributed by atoms with E-state index in [1.165, 1.54) is 0 Å². The molecule has 1 aliphatic rings. The van der Waals surface area contributed by atoms with Crippen molar-refractivity contribution in [3.8, 4) is 0 Å². The highest BCUT2D eigenvalue weighted by Crippen LogP contribution is 2.17. The first-order valence-electron chi connectivity index (χ1n) is 5.78. The SMILES string of the molecule is O=C(CCC1OCCCO1)c1ccccc1I. The molecule has 0 aliphatic carbocycles. The third kappa shape index (κ3) is 3.76. The molecule has 2 rings (SSSR count). The molecule has 0 unspecified atom stereocenters. The fourth-order valence-corrected chi connectivity index (χ4v) is 2.46. The largest absolute Gasteiger partial charge is 0.353 e. The van der Waals surface area contributed by atoms with E-state index in [0.29, 0.717) is 12.8 Å². The van der Waals surface area contributed by atoms with Crippen LogP contribution in [0.15, 0.2) is 24.3 Å². The minimum Gasteiger partial charge on any atom is -0.353 e. The summed E-state index contributed by atoms with van der Waals surface area (Å²) < 4.78 is 11.8. The maximum absolute atomic E-state index is 12.0. The molecule has 92 valence electrons. The molecule has 0 N–H and O–H groups in total. The van der Waals surface area contributed by atoms with Crippen LogP contribution in [0.5, 0.6) is 0 Å². The monoisotopic (exact) mass is 346 g/mol. The number of Topliss-reactive ketones (excluding diaryl/α,β-unsaturated/α-hetero) is 1. The summed E-state index contributed by atoms with van der Waals surface area (Å²) in [6, 6.07) is 7.64. The summed E-state index contributed by atoms with van der Waals surface area (Å²) in [7, 11) is 0. The average Bonchev–Trinajstić information content (AvgIpc) is 2.38. The van der Waals surface area contributed by atoms with Crippen LogP contribution < -0.4 is 0 Å². The molecule has 0 radical (unpaired) electrons. The van der Waals surface area contributed by atoms with Crippen molar-refractivity contribution in [1.82, 2.24) is 0 Å². The van der Waals surface area contributed by atoms with Gasteiger partial charge in [0.1, 0.15) is 0 Å². The molecule has 1 aliphatic heterocycles. The summed E-state index contributed by atoms with van der Waals surface area (Å²) in [6.07, 6.45) is 1.87. The standard InChI is InChI=1S/C13H15IO3/c14-11-5-2-1-4-10(11)12(15)6-7-13-16-8-3-9-17-13/h1-2,4-5,13H,3,6-9H2. The molecular weight excluding hydrogens is 331 g/mol. The van der Waals surface area contributed by atoms with E-state index in [-0.39, 0.29) is 12.1 Å². The fourth-order valence-electron chi connectivity index (χ4n) is 1.77. The first kappa shape index (κ1) is 13.0. The van der Waals surface area contributed by atoms with Crippen molar-refractivity contribution >= 4 is 28.4 Å². The van der Waals surface area contributed by atoms with Crippen LogP contribution in [-0.4, -0.2) is 25.3 Å². The summed E-state index contributed by atoms with van der Waals surface area (Å²) in [5.74, 6) is 0.160. The van der Waals surface area contributed by atoms with Gasteiger partial charge < -0.3 is 9.47 Å². The Labute approximate surface area is 115 Å². The van der Waals surface area contributed by atoms with E-state index in [1.54, 1.807) is 0 Å². The fraction of sp³-hybridized carbons (Fsp3) is 0.462. The third-order valence-electron chi connectivity index (χ3n) is 2.68. The maximum atomic E-state index is 12.0. The second-order valence-electron chi connectivity index (χ2n) is 3.97. The van der Waals surface area contributed by atoms with Gasteiger partial charge >= 0.3 is 0 Å². The predicted molar refractivity (Wildman–Crippen MR) is 73.0 cm³/mol. The molecule has 0 saturated carbocycles. The van der Waals surface area contributed by atoms with Crippen LogP contribution in [0.3, 0.4) is 0 Å². The molecule has 0 amide bonds. The second-order valence-corrected chi connectivity index (χ2v) is 5.13. The molecule has 1 heterocycles. The van der Waals surface area contributed by atoms with Gasteiger partial charge in [-0.3, -0.25) is 4.79 Å². The Bertz CT molecular complexity index is 386. The van der Waals surface area contributed by atoms with Gasteiger partial charge in [0.15, 0.2) is 12.1 Å². The number of hydrogen-bond donors (Lipinski definition) is 0. The van der Waals surface area contributed by atoms with E-state index in [2.05, 4.69) is 22.6 Å². The van der Waals surface area contributed by atoms with Gasteiger partial charge in [-0.25, -0.2) is 0 Å². The van der Waals surface area contributed by atoms with Crippen molar-refractivity contribution in [2.24, 2.45) is 0 Å². The lowest BCUT2D eigenvalue weighted by molar-refractivity contribution is -0.180. The van der Waals surface area contributed by atoms with Crippen LogP contribution in [0.4, 0.5) is 0 Å². The Morgan fingerprint density at radius 1 is 1.29 bits per heavy atom. The molecular formula is C13H15IO3. The summed E-state index contributed by atoms with van der Waals surface area (Å²) in [5, 5.41) is 0. The van der Waals surface area contributed by atoms with Crippen LogP contribution in [0, 0.1) is 3.57 Å². The zero-order valence-corrected chi connectivity index (χ0v) is 11.7. The first-order chi connectivity index (χ1) is 8.27. The van der Waals surface area contributed by atoms with Crippen molar-refractivity contribution in [2.75, 3.05) is 13.2 Å². The van der Waals surface area contributed by atoms with Gasteiger partial charge in [0.25, 0.3) is 0 Å². The number of halogens is 1. The normalized spacial score (nSPS) is 17.0. The number of carbonyl (C=O) groups excluding carboxylic acids is 1. The molecule has 0 bridgehead atoms. The number of benzene rings is 1. The van der Waals surface area contributed by atoms with E-state index >= 15 is 0 Å². The molecule has 4 heteroatoms. The summed E-state index contributed by atoms with van der Waals surface area (Å²) in [4.78, 5) is 12.0. The van der Waals surface area contributed by atoms with Gasteiger partial charge in [-0.1, -0.05) is 18.2 Å². The van der Waals surface area contributed by atoms with Crippen molar-refractivity contribution in [3.05, 3.63) is 33.4 Å².